The van der Waals surface area contributed by atoms with Gasteiger partial charge in [-0.05, 0) is 43.9 Å². The Morgan fingerprint density at radius 2 is 2.14 bits per heavy atom. The number of hydrogen-bond donors (Lipinski definition) is 2. The van der Waals surface area contributed by atoms with E-state index in [4.69, 9.17) is 5.73 Å². The normalized spacial score (nSPS) is 20.9. The Bertz CT molecular complexity index is 352. The van der Waals surface area contributed by atoms with E-state index in [-0.39, 0.29) is 5.54 Å². The Kier molecular flexibility index (Phi) is 2.04. The average Bonchev–Trinajstić information content (AvgIpc) is 2.47. The highest BCUT2D eigenvalue weighted by Crippen LogP contribution is 2.42. The van der Waals surface area contributed by atoms with Crippen LogP contribution in [-0.2, 0) is 6.42 Å². The first kappa shape index (κ1) is 9.53. The zero-order valence-corrected chi connectivity index (χ0v) is 8.75. The van der Waals surface area contributed by atoms with Crippen LogP contribution in [0.4, 0.5) is 0 Å². The van der Waals surface area contributed by atoms with Crippen molar-refractivity contribution in [3.63, 3.8) is 0 Å². The zero-order valence-electron chi connectivity index (χ0n) is 8.75. The van der Waals surface area contributed by atoms with Crippen molar-refractivity contribution in [2.24, 2.45) is 5.73 Å². The fraction of sp³-hybridized carbons (Fsp3) is 0.500. The number of fused-ring (bicyclic) bond motifs is 1. The lowest BCUT2D eigenvalue weighted by Gasteiger charge is -2.27. The molecule has 2 nitrogen and oxygen atoms in total. The van der Waals surface area contributed by atoms with Gasteiger partial charge >= 0.3 is 0 Å². The van der Waals surface area contributed by atoms with Gasteiger partial charge in [0, 0.05) is 11.5 Å². The fourth-order valence-corrected chi connectivity index (χ4v) is 2.41. The van der Waals surface area contributed by atoms with Crippen LogP contribution in [0, 0.1) is 0 Å². The maximum atomic E-state index is 9.67. The number of rotatable bonds is 1. The molecule has 0 fully saturated rings. The van der Waals surface area contributed by atoms with Crippen LogP contribution < -0.4 is 5.73 Å². The predicted octanol–water partition coefficient (Wildman–Crippen LogP) is 2.16. The zero-order chi connectivity index (χ0) is 10.3. The summed E-state index contributed by atoms with van der Waals surface area (Å²) in [7, 11) is 0. The van der Waals surface area contributed by atoms with E-state index in [2.05, 4.69) is 19.9 Å². The van der Waals surface area contributed by atoms with E-state index < -0.39 is 0 Å². The standard InChI is InChI=1S/C12H17NO/c1-12(2,13)10-7-6-9-8(10)4-3-5-11(9)14/h3-5,10,14H,6-7,13H2,1-2H3. The molecule has 1 atom stereocenters. The summed E-state index contributed by atoms with van der Waals surface area (Å²) in [5.74, 6) is 0.804. The molecule has 2 heteroatoms. The third-order valence-corrected chi connectivity index (χ3v) is 3.14. The smallest absolute Gasteiger partial charge is 0.119 e. The molecular formula is C12H17NO. The quantitative estimate of drug-likeness (QED) is 0.714. The second kappa shape index (κ2) is 2.99. The summed E-state index contributed by atoms with van der Waals surface area (Å²) in [6, 6.07) is 5.74. The van der Waals surface area contributed by atoms with Gasteiger partial charge in [0.1, 0.15) is 5.75 Å². The number of phenolic OH excluding ortho intramolecular Hbond substituents is 1. The predicted molar refractivity (Wildman–Crippen MR) is 57.4 cm³/mol. The molecule has 1 aliphatic rings. The van der Waals surface area contributed by atoms with Gasteiger partial charge in [-0.25, -0.2) is 0 Å². The maximum Gasteiger partial charge on any atom is 0.119 e. The summed E-state index contributed by atoms with van der Waals surface area (Å²) < 4.78 is 0. The average molecular weight is 191 g/mol. The van der Waals surface area contributed by atoms with Gasteiger partial charge in [-0.2, -0.15) is 0 Å². The Balaban J connectivity index is 2.45. The second-order valence-electron chi connectivity index (χ2n) is 4.76. The maximum absolute atomic E-state index is 9.67. The third kappa shape index (κ3) is 1.40. The van der Waals surface area contributed by atoms with Crippen LogP contribution in [0.15, 0.2) is 18.2 Å². The molecule has 0 amide bonds. The summed E-state index contributed by atoms with van der Waals surface area (Å²) in [5, 5.41) is 9.67. The van der Waals surface area contributed by atoms with E-state index in [1.807, 2.05) is 6.07 Å². The van der Waals surface area contributed by atoms with E-state index in [1.54, 1.807) is 6.07 Å². The molecule has 0 saturated heterocycles. The molecule has 0 aliphatic heterocycles. The Morgan fingerprint density at radius 1 is 1.43 bits per heavy atom. The second-order valence-corrected chi connectivity index (χ2v) is 4.76. The van der Waals surface area contributed by atoms with Gasteiger partial charge in [-0.15, -0.1) is 0 Å². The van der Waals surface area contributed by atoms with E-state index in [0.717, 1.165) is 18.4 Å². The Labute approximate surface area is 84.7 Å². The van der Waals surface area contributed by atoms with Gasteiger partial charge in [-0.1, -0.05) is 12.1 Å². The van der Waals surface area contributed by atoms with E-state index in [9.17, 15) is 5.11 Å². The first-order valence-corrected chi connectivity index (χ1v) is 5.10. The van der Waals surface area contributed by atoms with Gasteiger partial charge < -0.3 is 10.8 Å². The number of hydrogen-bond acceptors (Lipinski definition) is 2. The monoisotopic (exact) mass is 191 g/mol. The minimum atomic E-state index is -0.195. The molecule has 1 aromatic rings. The fourth-order valence-electron chi connectivity index (χ4n) is 2.41. The topological polar surface area (TPSA) is 46.2 Å². The molecule has 0 spiro atoms. The summed E-state index contributed by atoms with van der Waals surface area (Å²) >= 11 is 0. The Hall–Kier alpha value is -1.02. The number of benzene rings is 1. The minimum absolute atomic E-state index is 0.195. The first-order valence-electron chi connectivity index (χ1n) is 5.10. The minimum Gasteiger partial charge on any atom is -0.508 e. The molecule has 0 radical (unpaired) electrons. The van der Waals surface area contributed by atoms with E-state index >= 15 is 0 Å². The molecule has 0 aromatic heterocycles. The van der Waals surface area contributed by atoms with Gasteiger partial charge in [0.05, 0.1) is 0 Å². The third-order valence-electron chi connectivity index (χ3n) is 3.14. The van der Waals surface area contributed by atoms with Crippen molar-refractivity contribution in [3.05, 3.63) is 29.3 Å². The number of phenols is 1. The van der Waals surface area contributed by atoms with Crippen LogP contribution in [0.2, 0.25) is 0 Å². The molecule has 1 aliphatic carbocycles. The summed E-state index contributed by atoms with van der Waals surface area (Å²) in [5.41, 5.74) is 8.26. The molecule has 2 rings (SSSR count). The largest absolute Gasteiger partial charge is 0.508 e. The van der Waals surface area contributed by atoms with Crippen LogP contribution in [0.3, 0.4) is 0 Å². The van der Waals surface area contributed by atoms with E-state index in [0.29, 0.717) is 11.7 Å². The molecule has 1 unspecified atom stereocenters. The van der Waals surface area contributed by atoms with Crippen molar-refractivity contribution >= 4 is 0 Å². The van der Waals surface area contributed by atoms with Gasteiger partial charge in [0.2, 0.25) is 0 Å². The highest BCUT2D eigenvalue weighted by molar-refractivity contribution is 5.45. The van der Waals surface area contributed by atoms with Gasteiger partial charge in [0.25, 0.3) is 0 Å². The molecular weight excluding hydrogens is 174 g/mol. The molecule has 1 aromatic carbocycles. The van der Waals surface area contributed by atoms with Crippen LogP contribution >= 0.6 is 0 Å². The van der Waals surface area contributed by atoms with Crippen molar-refractivity contribution in [1.82, 2.24) is 0 Å². The highest BCUT2D eigenvalue weighted by atomic mass is 16.3. The van der Waals surface area contributed by atoms with Gasteiger partial charge in [-0.3, -0.25) is 0 Å². The lowest BCUT2D eigenvalue weighted by Crippen LogP contribution is -2.38. The van der Waals surface area contributed by atoms with Crippen LogP contribution in [0.1, 0.15) is 37.3 Å². The van der Waals surface area contributed by atoms with Crippen LogP contribution in [0.25, 0.3) is 0 Å². The molecule has 76 valence electrons. The lowest BCUT2D eigenvalue weighted by molar-refractivity contribution is 0.409. The van der Waals surface area contributed by atoms with Crippen LogP contribution in [-0.4, -0.2) is 10.6 Å². The lowest BCUT2D eigenvalue weighted by atomic mass is 9.84. The van der Waals surface area contributed by atoms with Crippen molar-refractivity contribution in [2.45, 2.75) is 38.1 Å². The SMILES string of the molecule is CC(C)(N)C1CCc2c(O)cccc21. The summed E-state index contributed by atoms with van der Waals surface area (Å²) in [4.78, 5) is 0. The highest BCUT2D eigenvalue weighted by Gasteiger charge is 2.33. The van der Waals surface area contributed by atoms with E-state index in [1.165, 1.54) is 5.56 Å². The molecule has 0 saturated carbocycles. The number of aromatic hydroxyl groups is 1. The Morgan fingerprint density at radius 3 is 2.79 bits per heavy atom. The molecule has 0 bridgehead atoms. The number of nitrogens with two attached hydrogens (primary N) is 1. The van der Waals surface area contributed by atoms with Crippen molar-refractivity contribution < 1.29 is 5.11 Å². The first-order chi connectivity index (χ1) is 6.50. The summed E-state index contributed by atoms with van der Waals surface area (Å²) in [6.07, 6.45) is 2.00. The van der Waals surface area contributed by atoms with Crippen molar-refractivity contribution in [1.29, 1.82) is 0 Å². The van der Waals surface area contributed by atoms with Crippen LogP contribution in [0.5, 0.6) is 5.75 Å². The van der Waals surface area contributed by atoms with Crippen molar-refractivity contribution in [2.75, 3.05) is 0 Å². The summed E-state index contributed by atoms with van der Waals surface area (Å²) in [6.45, 7) is 4.10. The van der Waals surface area contributed by atoms with Crippen molar-refractivity contribution in [3.8, 4) is 5.75 Å². The molecule has 3 N–H and O–H groups in total. The van der Waals surface area contributed by atoms with Gasteiger partial charge in [0.15, 0.2) is 0 Å². The molecule has 14 heavy (non-hydrogen) atoms. The molecule has 0 heterocycles.